The van der Waals surface area contributed by atoms with Crippen LogP contribution < -0.4 is 4.90 Å². The smallest absolute Gasteiger partial charge is 0.419 e. The van der Waals surface area contributed by atoms with Crippen LogP contribution in [0, 0.1) is 5.92 Å². The van der Waals surface area contributed by atoms with E-state index in [1.54, 1.807) is 6.92 Å². The monoisotopic (exact) mass is 399 g/mol. The quantitative estimate of drug-likeness (QED) is 0.689. The molecule has 1 unspecified atom stereocenters. The average molecular weight is 399 g/mol. The highest BCUT2D eigenvalue weighted by atomic mass is 19.4. The minimum absolute atomic E-state index is 0.0212. The van der Waals surface area contributed by atoms with Crippen molar-refractivity contribution in [1.82, 2.24) is 9.88 Å². The molecule has 28 heavy (non-hydrogen) atoms. The number of hydrogen-bond acceptors (Lipinski definition) is 5. The Morgan fingerprint density at radius 3 is 2.71 bits per heavy atom. The number of hydrogen-bond donors (Lipinski definition) is 0. The summed E-state index contributed by atoms with van der Waals surface area (Å²) < 4.78 is 44.9. The number of amides is 1. The third kappa shape index (κ3) is 4.74. The first kappa shape index (κ1) is 20.4. The lowest BCUT2D eigenvalue weighted by atomic mass is 9.96. The summed E-state index contributed by atoms with van der Waals surface area (Å²) in [6.45, 7) is 2.40. The first-order valence-corrected chi connectivity index (χ1v) is 9.54. The summed E-state index contributed by atoms with van der Waals surface area (Å²) in [4.78, 5) is 31.9. The standard InChI is InChI=1S/C19H24F3N3O3/c1-2-28-16(26)12-25(14-7-8-14)18(27)13-5-4-10-24(11-13)17-15(19(20,21)22)6-3-9-23-17/h3,6,9,13-14H,2,4-5,7-8,10-12H2,1H3. The fourth-order valence-electron chi connectivity index (χ4n) is 3.59. The van der Waals surface area contributed by atoms with E-state index in [0.29, 0.717) is 19.4 Å². The molecule has 3 rings (SSSR count). The maximum Gasteiger partial charge on any atom is 0.419 e. The number of pyridine rings is 1. The van der Waals surface area contributed by atoms with Crippen LogP contribution in [-0.2, 0) is 20.5 Å². The third-order valence-corrected chi connectivity index (χ3v) is 5.04. The van der Waals surface area contributed by atoms with Crippen LogP contribution in [0.25, 0.3) is 0 Å². The lowest BCUT2D eigenvalue weighted by Crippen LogP contribution is -2.48. The maximum absolute atomic E-state index is 13.3. The molecule has 1 atom stereocenters. The van der Waals surface area contributed by atoms with Crippen molar-refractivity contribution in [3.63, 3.8) is 0 Å². The first-order valence-electron chi connectivity index (χ1n) is 9.54. The summed E-state index contributed by atoms with van der Waals surface area (Å²) in [7, 11) is 0. The number of rotatable bonds is 6. The highest BCUT2D eigenvalue weighted by molar-refractivity contribution is 5.85. The molecule has 2 heterocycles. The van der Waals surface area contributed by atoms with E-state index < -0.39 is 23.6 Å². The molecule has 2 aliphatic rings. The molecule has 0 spiro atoms. The van der Waals surface area contributed by atoms with E-state index in [4.69, 9.17) is 4.74 Å². The molecule has 2 fully saturated rings. The molecule has 1 amide bonds. The molecule has 0 radical (unpaired) electrons. The van der Waals surface area contributed by atoms with Gasteiger partial charge in [0.2, 0.25) is 5.91 Å². The molecular weight excluding hydrogens is 375 g/mol. The molecule has 154 valence electrons. The van der Waals surface area contributed by atoms with Crippen molar-refractivity contribution in [3.05, 3.63) is 23.9 Å². The van der Waals surface area contributed by atoms with E-state index in [1.165, 1.54) is 22.1 Å². The third-order valence-electron chi connectivity index (χ3n) is 5.04. The molecule has 1 aromatic rings. The molecule has 0 aromatic carbocycles. The van der Waals surface area contributed by atoms with Crippen LogP contribution in [0.15, 0.2) is 18.3 Å². The van der Waals surface area contributed by atoms with Crippen molar-refractivity contribution >= 4 is 17.7 Å². The summed E-state index contributed by atoms with van der Waals surface area (Å²) in [5, 5.41) is 0. The Labute approximate surface area is 161 Å². The van der Waals surface area contributed by atoms with Crippen molar-refractivity contribution in [2.75, 3.05) is 31.1 Å². The Kier molecular flexibility index (Phi) is 6.10. The number of carbonyl (C=O) groups is 2. The van der Waals surface area contributed by atoms with Gasteiger partial charge >= 0.3 is 12.1 Å². The Morgan fingerprint density at radius 2 is 2.07 bits per heavy atom. The van der Waals surface area contributed by atoms with Gasteiger partial charge in [-0.25, -0.2) is 4.98 Å². The molecular formula is C19H24F3N3O3. The van der Waals surface area contributed by atoms with Crippen molar-refractivity contribution < 1.29 is 27.5 Å². The average Bonchev–Trinajstić information content (AvgIpc) is 3.50. The van der Waals surface area contributed by atoms with Gasteiger partial charge in [0, 0.05) is 25.3 Å². The van der Waals surface area contributed by atoms with Gasteiger partial charge in [-0.2, -0.15) is 13.2 Å². The Balaban J connectivity index is 1.74. The molecule has 6 nitrogen and oxygen atoms in total. The van der Waals surface area contributed by atoms with Crippen molar-refractivity contribution in [1.29, 1.82) is 0 Å². The van der Waals surface area contributed by atoms with E-state index in [2.05, 4.69) is 4.98 Å². The molecule has 1 aliphatic carbocycles. The lowest BCUT2D eigenvalue weighted by Gasteiger charge is -2.36. The van der Waals surface area contributed by atoms with E-state index in [1.807, 2.05) is 0 Å². The normalized spacial score (nSPS) is 20.0. The van der Waals surface area contributed by atoms with Crippen LogP contribution in [0.3, 0.4) is 0 Å². The van der Waals surface area contributed by atoms with Crippen LogP contribution in [0.5, 0.6) is 0 Å². The predicted molar refractivity (Wildman–Crippen MR) is 95.5 cm³/mol. The van der Waals surface area contributed by atoms with E-state index in [9.17, 15) is 22.8 Å². The zero-order valence-corrected chi connectivity index (χ0v) is 15.7. The van der Waals surface area contributed by atoms with Gasteiger partial charge in [0.15, 0.2) is 0 Å². The van der Waals surface area contributed by atoms with Crippen LogP contribution in [0.4, 0.5) is 19.0 Å². The second kappa shape index (κ2) is 8.36. The Hall–Kier alpha value is -2.32. The largest absolute Gasteiger partial charge is 0.465 e. The van der Waals surface area contributed by atoms with Gasteiger partial charge in [-0.3, -0.25) is 9.59 Å². The zero-order valence-electron chi connectivity index (χ0n) is 15.7. The highest BCUT2D eigenvalue weighted by Gasteiger charge is 2.40. The number of ether oxygens (including phenoxy) is 1. The van der Waals surface area contributed by atoms with E-state index in [0.717, 1.165) is 18.9 Å². The minimum atomic E-state index is -4.51. The maximum atomic E-state index is 13.3. The summed E-state index contributed by atoms with van der Waals surface area (Å²) in [5.41, 5.74) is -0.798. The topological polar surface area (TPSA) is 62.7 Å². The minimum Gasteiger partial charge on any atom is -0.465 e. The second-order valence-corrected chi connectivity index (χ2v) is 7.16. The van der Waals surface area contributed by atoms with Crippen LogP contribution >= 0.6 is 0 Å². The molecule has 0 N–H and O–H groups in total. The number of anilines is 1. The number of piperidine rings is 1. The number of nitrogens with zero attached hydrogens (tertiary/aromatic N) is 3. The van der Waals surface area contributed by atoms with Gasteiger partial charge < -0.3 is 14.5 Å². The molecule has 1 saturated carbocycles. The number of esters is 1. The fourth-order valence-corrected chi connectivity index (χ4v) is 3.59. The fraction of sp³-hybridized carbons (Fsp3) is 0.632. The summed E-state index contributed by atoms with van der Waals surface area (Å²) in [5.74, 6) is -1.26. The van der Waals surface area contributed by atoms with Gasteiger partial charge in [-0.05, 0) is 44.7 Å². The van der Waals surface area contributed by atoms with Crippen LogP contribution in [0.1, 0.15) is 38.2 Å². The van der Waals surface area contributed by atoms with Gasteiger partial charge in [0.05, 0.1) is 18.1 Å². The van der Waals surface area contributed by atoms with Crippen LogP contribution in [0.2, 0.25) is 0 Å². The molecule has 9 heteroatoms. The van der Waals surface area contributed by atoms with Crippen molar-refractivity contribution in [3.8, 4) is 0 Å². The molecule has 1 saturated heterocycles. The Bertz CT molecular complexity index is 722. The van der Waals surface area contributed by atoms with E-state index >= 15 is 0 Å². The molecule has 0 bridgehead atoms. The predicted octanol–water partition coefficient (Wildman–Crippen LogP) is 2.87. The van der Waals surface area contributed by atoms with Gasteiger partial charge in [0.1, 0.15) is 12.4 Å². The number of alkyl halides is 3. The van der Waals surface area contributed by atoms with Gasteiger partial charge in [0.25, 0.3) is 0 Å². The van der Waals surface area contributed by atoms with Gasteiger partial charge in [-0.1, -0.05) is 0 Å². The van der Waals surface area contributed by atoms with Crippen molar-refractivity contribution in [2.45, 2.75) is 44.8 Å². The van der Waals surface area contributed by atoms with Crippen molar-refractivity contribution in [2.24, 2.45) is 5.92 Å². The lowest BCUT2D eigenvalue weighted by molar-refractivity contribution is -0.150. The number of aromatic nitrogens is 1. The summed E-state index contributed by atoms with van der Waals surface area (Å²) >= 11 is 0. The first-order chi connectivity index (χ1) is 13.3. The summed E-state index contributed by atoms with van der Waals surface area (Å²) in [6.07, 6.45) is -0.352. The van der Waals surface area contributed by atoms with Gasteiger partial charge in [-0.15, -0.1) is 0 Å². The van der Waals surface area contributed by atoms with Crippen LogP contribution in [-0.4, -0.2) is 54.0 Å². The highest BCUT2D eigenvalue weighted by Crippen LogP contribution is 2.37. The second-order valence-electron chi connectivity index (χ2n) is 7.16. The Morgan fingerprint density at radius 1 is 1.32 bits per heavy atom. The zero-order chi connectivity index (χ0) is 20.3. The molecule has 1 aliphatic heterocycles. The SMILES string of the molecule is CCOC(=O)CN(C(=O)C1CCCN(c2ncccc2C(F)(F)F)C1)C1CC1. The number of carbonyl (C=O) groups excluding carboxylic acids is 2. The van der Waals surface area contributed by atoms with E-state index in [-0.39, 0.29) is 37.5 Å². The summed E-state index contributed by atoms with van der Waals surface area (Å²) in [6, 6.07) is 2.28. The number of halogens is 3. The molecule has 1 aromatic heterocycles.